The number of ketones is 5. The van der Waals surface area contributed by atoms with Crippen molar-refractivity contribution in [1.82, 2.24) is 34.7 Å². The Bertz CT molecular complexity index is 6140. The molecule has 0 amide bonds. The standard InChI is InChI=1S/C20H11Cl2NOS2.C20H11Cl2NOS.2C16H10Cl2N2O.C16H9Cl2NOS2/c21-13-7-10-16(22)15(11-13)19(24)12-5-8-14(9-6-12)25-20-23-17-3-1-2-4-18(17)26-20;21-14-9-10-16(22)15(11-14)19(24)12-5-7-13(8-6-12)20-23-17-3-1-2-4-18(17)25-20;17-12-4-7-15(18)14(10-12)16(21)11-2-5-13(6-3-11)20-9-1-8-19-20;17-12-5-6-14(18)13(9-12)15(21)10-1-3-11(4-2-10)16-19-7-8-20-16;17-11-3-6-14(18)13(9-11)15(20)10-1-4-12(5-2-10)22-16-19-7-8-21-16/h1-11H;1-11H;1-10H;1-9H,(H,19,20);1-9H. The first kappa shape index (κ1) is 83.4. The lowest BCUT2D eigenvalue weighted by atomic mass is 10.0. The summed E-state index contributed by atoms with van der Waals surface area (Å²) in [5.41, 5.74) is 9.59. The Morgan fingerprint density at radius 2 is 0.722 bits per heavy atom. The maximum atomic E-state index is 12.7. The molecule has 17 rings (SSSR count). The van der Waals surface area contributed by atoms with Crippen molar-refractivity contribution in [3.8, 4) is 27.6 Å². The van der Waals surface area contributed by atoms with Gasteiger partial charge >= 0.3 is 0 Å². The first-order chi connectivity index (χ1) is 55.6. The van der Waals surface area contributed by atoms with Crippen molar-refractivity contribution in [3.63, 3.8) is 0 Å². The number of halogens is 10. The largest absolute Gasteiger partial charge is 0.345 e. The number of thiazole rings is 3. The van der Waals surface area contributed by atoms with E-state index in [-0.39, 0.29) is 28.9 Å². The summed E-state index contributed by atoms with van der Waals surface area (Å²) in [6.45, 7) is 0. The first-order valence-corrected chi connectivity index (χ1v) is 42.0. The van der Waals surface area contributed by atoms with Crippen LogP contribution in [0.25, 0.3) is 48.1 Å². The van der Waals surface area contributed by atoms with Gasteiger partial charge in [0.2, 0.25) is 0 Å². The van der Waals surface area contributed by atoms with Crippen molar-refractivity contribution in [1.29, 1.82) is 0 Å². The van der Waals surface area contributed by atoms with Gasteiger partial charge in [0.15, 0.2) is 37.6 Å². The summed E-state index contributed by atoms with van der Waals surface area (Å²) in [4.78, 5) is 85.4. The second kappa shape index (κ2) is 39.4. The highest BCUT2D eigenvalue weighted by molar-refractivity contribution is 8.01. The van der Waals surface area contributed by atoms with E-state index >= 15 is 0 Å². The van der Waals surface area contributed by atoms with Crippen molar-refractivity contribution in [2.75, 3.05) is 0 Å². The Morgan fingerprint density at radius 3 is 1.09 bits per heavy atom. The van der Waals surface area contributed by atoms with E-state index in [1.165, 1.54) is 0 Å². The molecule has 5 heterocycles. The smallest absolute Gasteiger partial charge is 0.194 e. The highest BCUT2D eigenvalue weighted by Crippen LogP contribution is 2.37. The van der Waals surface area contributed by atoms with Crippen molar-refractivity contribution < 1.29 is 24.0 Å². The Morgan fingerprint density at radius 1 is 0.348 bits per heavy atom. The van der Waals surface area contributed by atoms with Crippen LogP contribution in [-0.2, 0) is 0 Å². The lowest BCUT2D eigenvalue weighted by Gasteiger charge is -2.06. The molecule has 0 saturated carbocycles. The van der Waals surface area contributed by atoms with Crippen molar-refractivity contribution in [2.24, 2.45) is 0 Å². The summed E-state index contributed by atoms with van der Waals surface area (Å²) in [5, 5.41) is 11.4. The summed E-state index contributed by atoms with van der Waals surface area (Å²) < 4.78 is 5.97. The van der Waals surface area contributed by atoms with Crippen LogP contribution in [0.2, 0.25) is 50.2 Å². The molecule has 0 radical (unpaired) electrons. The van der Waals surface area contributed by atoms with Crippen LogP contribution < -0.4 is 0 Å². The lowest BCUT2D eigenvalue weighted by Crippen LogP contribution is -2.03. The molecule has 0 fully saturated rings. The Balaban J connectivity index is 0.000000126. The lowest BCUT2D eigenvalue weighted by molar-refractivity contribution is 0.103. The molecule has 0 aliphatic carbocycles. The van der Waals surface area contributed by atoms with E-state index in [0.717, 1.165) is 66.5 Å². The van der Waals surface area contributed by atoms with Gasteiger partial charge in [0.1, 0.15) is 10.8 Å². The van der Waals surface area contributed by atoms with Gasteiger partial charge in [0.05, 0.1) is 51.2 Å². The molecule has 1 N–H and O–H groups in total. The molecule has 0 aliphatic rings. The van der Waals surface area contributed by atoms with Gasteiger partial charge in [0.25, 0.3) is 0 Å². The van der Waals surface area contributed by atoms with Gasteiger partial charge in [-0.1, -0.05) is 212 Å². The molecule has 0 spiro atoms. The monoisotopic (exact) mass is 1790 g/mol. The summed E-state index contributed by atoms with van der Waals surface area (Å²) in [6.07, 6.45) is 8.74. The summed E-state index contributed by atoms with van der Waals surface area (Å²) >= 11 is 68.2. The van der Waals surface area contributed by atoms with Gasteiger partial charge in [-0.15, -0.1) is 34.0 Å². The minimum Gasteiger partial charge on any atom is -0.345 e. The maximum Gasteiger partial charge on any atom is 0.194 e. The third-order valence-corrected chi connectivity index (χ3v) is 24.6. The number of hydrogen-bond donors (Lipinski definition) is 1. The maximum absolute atomic E-state index is 12.7. The number of para-hydroxylation sites is 2. The molecule has 27 heteroatoms. The predicted octanol–water partition coefficient (Wildman–Crippen LogP) is 28.3. The Kier molecular flexibility index (Phi) is 28.5. The minimum absolute atomic E-state index is 0.140. The fraction of sp³-hybridized carbons (Fsp3) is 0. The third kappa shape index (κ3) is 21.7. The molecule has 0 atom stereocenters. The van der Waals surface area contributed by atoms with Crippen LogP contribution in [0.1, 0.15) is 79.6 Å². The second-order valence-corrected chi connectivity index (χ2v) is 34.2. The van der Waals surface area contributed by atoms with Crippen LogP contribution in [-0.4, -0.2) is 63.6 Å². The SMILES string of the molecule is O=C(c1ccc(-c2nc3ccccc3s2)cc1)c1cc(Cl)ccc1Cl.O=C(c1ccc(-c2ncc[nH]2)cc1)c1cc(Cl)ccc1Cl.O=C(c1ccc(-n2cccn2)cc1)c1cc(Cl)ccc1Cl.O=C(c1ccc(Sc2nc3ccccc3s2)cc1)c1cc(Cl)ccc1Cl.O=C(c1ccc(Sc2nccs2)cc1)c1cc(Cl)ccc1Cl. The van der Waals surface area contributed by atoms with E-state index < -0.39 is 0 Å². The van der Waals surface area contributed by atoms with E-state index in [2.05, 4.69) is 42.2 Å². The molecule has 0 bridgehead atoms. The number of nitrogens with zero attached hydrogens (tertiary/aromatic N) is 6. The van der Waals surface area contributed by atoms with Crippen LogP contribution >= 0.6 is 174 Å². The number of fused-ring (bicyclic) bond motifs is 2. The molecular formula is C88H51Cl10N7O5S5. The number of aromatic nitrogens is 7. The number of imidazole rings is 1. The number of hydrogen-bond acceptors (Lipinski definition) is 15. The van der Waals surface area contributed by atoms with Crippen molar-refractivity contribution in [3.05, 3.63) is 409 Å². The van der Waals surface area contributed by atoms with Crippen molar-refractivity contribution >= 4 is 223 Å². The number of carbonyl (C=O) groups is 5. The summed E-state index contributed by atoms with van der Waals surface area (Å²) in [7, 11) is 0. The highest BCUT2D eigenvalue weighted by atomic mass is 35.5. The summed E-state index contributed by atoms with van der Waals surface area (Å²) in [6, 6.07) is 78.8. The van der Waals surface area contributed by atoms with Gasteiger partial charge in [-0.05, 0) is 194 Å². The molecule has 0 unspecified atom stereocenters. The molecule has 12 nitrogen and oxygen atoms in total. The van der Waals surface area contributed by atoms with E-state index in [9.17, 15) is 24.0 Å². The molecular weight excluding hydrogens is 1750 g/mol. The van der Waals surface area contributed by atoms with Crippen LogP contribution in [0.15, 0.2) is 322 Å². The molecule has 5 aromatic heterocycles. The number of benzene rings is 12. The average molecular weight is 1800 g/mol. The van der Waals surface area contributed by atoms with Crippen LogP contribution in [0.3, 0.4) is 0 Å². The number of carbonyl (C=O) groups excluding carboxylic acids is 5. The third-order valence-electron chi connectivity index (χ3n) is 16.7. The zero-order chi connectivity index (χ0) is 80.7. The second-order valence-electron chi connectivity index (χ2n) is 24.3. The van der Waals surface area contributed by atoms with Crippen molar-refractivity contribution in [2.45, 2.75) is 18.5 Å². The van der Waals surface area contributed by atoms with Crippen LogP contribution in [0, 0.1) is 0 Å². The molecule has 568 valence electrons. The normalized spacial score (nSPS) is 10.8. The number of aromatic amines is 1. The van der Waals surface area contributed by atoms with Gasteiger partial charge < -0.3 is 4.98 Å². The van der Waals surface area contributed by atoms with E-state index in [0.29, 0.717) is 106 Å². The van der Waals surface area contributed by atoms with Gasteiger partial charge in [-0.2, -0.15) is 5.10 Å². The van der Waals surface area contributed by atoms with E-state index in [1.807, 2.05) is 115 Å². The van der Waals surface area contributed by atoms with Gasteiger partial charge in [0, 0.05) is 138 Å². The zero-order valence-corrected chi connectivity index (χ0v) is 70.6. The average Bonchev–Trinajstić information content (AvgIpc) is 1.72. The zero-order valence-electron chi connectivity index (χ0n) is 58.9. The highest BCUT2D eigenvalue weighted by Gasteiger charge is 2.20. The predicted molar refractivity (Wildman–Crippen MR) is 475 cm³/mol. The van der Waals surface area contributed by atoms with Crippen LogP contribution in [0.4, 0.5) is 0 Å². The van der Waals surface area contributed by atoms with Gasteiger partial charge in [-0.3, -0.25) is 24.0 Å². The van der Waals surface area contributed by atoms with Crippen LogP contribution in [0.5, 0.6) is 0 Å². The Hall–Kier alpha value is -9.58. The molecule has 17 aromatic rings. The molecule has 12 aromatic carbocycles. The molecule has 0 aliphatic heterocycles. The number of rotatable bonds is 17. The fourth-order valence-electron chi connectivity index (χ4n) is 11.0. The summed E-state index contributed by atoms with van der Waals surface area (Å²) in [5.74, 6) is 0.00785. The minimum atomic E-state index is -0.159. The topological polar surface area (TPSA) is 171 Å². The first-order valence-electron chi connectivity index (χ1n) is 34.1. The number of H-pyrrole nitrogens is 1. The molecule has 0 saturated heterocycles. The Labute approximate surface area is 729 Å². The van der Waals surface area contributed by atoms with E-state index in [1.54, 1.807) is 239 Å². The molecule has 115 heavy (non-hydrogen) atoms. The quantitative estimate of drug-likeness (QED) is 0.0857. The van der Waals surface area contributed by atoms with E-state index in [4.69, 9.17) is 116 Å². The fourth-order valence-corrected chi connectivity index (χ4v) is 17.5. The number of nitrogens with one attached hydrogen (secondary N) is 1. The van der Waals surface area contributed by atoms with Gasteiger partial charge in [-0.25, -0.2) is 24.6 Å².